The minimum absolute atomic E-state index is 0.0140. The Morgan fingerprint density at radius 1 is 1.04 bits per heavy atom. The smallest absolute Gasteiger partial charge is 0.467 e. The molecule has 1 aromatic heterocycles. The second-order valence-corrected chi connectivity index (χ2v) is 15.9. The number of allylic oxidation sites excluding steroid dienone is 3. The molecule has 2 fully saturated rings. The fraction of sp³-hybridized carbons (Fsp3) is 0.684. The Morgan fingerprint density at radius 3 is 2.45 bits per heavy atom. The molecule has 9 heteroatoms. The Hall–Kier alpha value is -3.36. The van der Waals surface area contributed by atoms with Gasteiger partial charge in [0, 0.05) is 25.2 Å². The van der Waals surface area contributed by atoms with Gasteiger partial charge in [-0.1, -0.05) is 51.5 Å². The van der Waals surface area contributed by atoms with E-state index in [4.69, 9.17) is 18.9 Å². The Morgan fingerprint density at radius 2 is 1.79 bits per heavy atom. The fourth-order valence-corrected chi connectivity index (χ4v) is 9.28. The molecule has 0 unspecified atom stereocenters. The summed E-state index contributed by atoms with van der Waals surface area (Å²) in [5.41, 5.74) is 2.26. The van der Waals surface area contributed by atoms with Crippen molar-refractivity contribution in [3.05, 3.63) is 47.8 Å². The summed E-state index contributed by atoms with van der Waals surface area (Å²) in [6, 6.07) is 4.24. The number of esters is 1. The number of fused-ring (bicyclic) bond motifs is 5. The van der Waals surface area contributed by atoms with E-state index >= 15 is 0 Å². The molecule has 0 saturated heterocycles. The lowest BCUT2D eigenvalue weighted by Gasteiger charge is -2.57. The molecule has 7 atom stereocenters. The van der Waals surface area contributed by atoms with Crippen LogP contribution in [0.2, 0.25) is 0 Å². The number of methoxy groups -OCH3 is 1. The van der Waals surface area contributed by atoms with Gasteiger partial charge in [-0.3, -0.25) is 4.98 Å². The van der Waals surface area contributed by atoms with Crippen molar-refractivity contribution in [3.8, 4) is 0 Å². The normalized spacial score (nSPS) is 31.2. The van der Waals surface area contributed by atoms with Gasteiger partial charge in [0.2, 0.25) is 0 Å². The highest BCUT2D eigenvalue weighted by atomic mass is 16.7. The zero-order valence-electron chi connectivity index (χ0n) is 29.5. The van der Waals surface area contributed by atoms with Gasteiger partial charge in [0.15, 0.2) is 0 Å². The Balaban J connectivity index is 1.18. The first-order chi connectivity index (χ1) is 22.1. The average molecular weight is 651 g/mol. The summed E-state index contributed by atoms with van der Waals surface area (Å²) in [7, 11) is 1.26. The van der Waals surface area contributed by atoms with Crippen LogP contribution in [0.1, 0.15) is 105 Å². The molecule has 0 aliphatic heterocycles. The van der Waals surface area contributed by atoms with Crippen LogP contribution in [-0.2, 0) is 23.7 Å². The van der Waals surface area contributed by atoms with E-state index < -0.39 is 29.4 Å². The van der Waals surface area contributed by atoms with Crippen LogP contribution in [0, 0.1) is 34.5 Å². The van der Waals surface area contributed by atoms with Gasteiger partial charge in [0.25, 0.3) is 0 Å². The number of carbonyl (C=O) groups excluding carboxylic acids is 3. The van der Waals surface area contributed by atoms with Crippen molar-refractivity contribution in [2.45, 2.75) is 117 Å². The lowest BCUT2D eigenvalue weighted by molar-refractivity contribution is -0.151. The molecule has 1 N–H and O–H groups in total. The summed E-state index contributed by atoms with van der Waals surface area (Å²) in [6.07, 6.45) is 14.1. The van der Waals surface area contributed by atoms with Crippen LogP contribution < -0.4 is 5.32 Å². The third-order valence-electron chi connectivity index (χ3n) is 11.9. The summed E-state index contributed by atoms with van der Waals surface area (Å²) in [6.45, 7) is 13.6. The molecule has 0 bridgehead atoms. The zero-order valence-corrected chi connectivity index (χ0v) is 29.5. The lowest BCUT2D eigenvalue weighted by Crippen LogP contribution is -2.60. The van der Waals surface area contributed by atoms with Crippen molar-refractivity contribution in [2.24, 2.45) is 34.5 Å². The van der Waals surface area contributed by atoms with E-state index in [1.165, 1.54) is 36.7 Å². The number of nitrogens with zero attached hydrogens (tertiary/aromatic N) is 1. The molecular formula is C38H54N2O7. The van der Waals surface area contributed by atoms with Crippen LogP contribution in [0.3, 0.4) is 0 Å². The molecule has 9 nitrogen and oxygen atoms in total. The highest BCUT2D eigenvalue weighted by molar-refractivity contribution is 5.86. The second-order valence-electron chi connectivity index (χ2n) is 15.9. The van der Waals surface area contributed by atoms with Gasteiger partial charge in [0.1, 0.15) is 17.2 Å². The molecule has 0 radical (unpaired) electrons. The highest BCUT2D eigenvalue weighted by Gasteiger charge is 2.57. The molecule has 47 heavy (non-hydrogen) atoms. The van der Waals surface area contributed by atoms with Crippen LogP contribution in [-0.4, -0.2) is 54.2 Å². The van der Waals surface area contributed by atoms with Gasteiger partial charge in [-0.25, -0.2) is 14.4 Å². The van der Waals surface area contributed by atoms with Gasteiger partial charge < -0.3 is 24.3 Å². The van der Waals surface area contributed by atoms with Crippen LogP contribution in [0.25, 0.3) is 5.57 Å². The predicted octanol–water partition coefficient (Wildman–Crippen LogP) is 8.04. The fourth-order valence-electron chi connectivity index (χ4n) is 9.28. The van der Waals surface area contributed by atoms with E-state index in [1.54, 1.807) is 34.6 Å². The van der Waals surface area contributed by atoms with Gasteiger partial charge in [-0.15, -0.1) is 0 Å². The molecule has 1 amide bonds. The number of ether oxygens (including phenoxy) is 4. The first-order valence-electron chi connectivity index (χ1n) is 17.4. The molecule has 0 spiro atoms. The largest absolute Gasteiger partial charge is 0.508 e. The highest BCUT2D eigenvalue weighted by Crippen LogP contribution is 2.66. The van der Waals surface area contributed by atoms with E-state index in [-0.39, 0.29) is 35.9 Å². The maximum atomic E-state index is 12.9. The summed E-state index contributed by atoms with van der Waals surface area (Å²) >= 11 is 0. The maximum absolute atomic E-state index is 12.9. The topological polar surface area (TPSA) is 113 Å². The molecule has 4 aliphatic carbocycles. The minimum atomic E-state index is -1.43. The lowest BCUT2D eigenvalue weighted by atomic mass is 9.47. The van der Waals surface area contributed by atoms with Gasteiger partial charge in [0.05, 0.1) is 13.7 Å². The Labute approximate surface area is 280 Å². The summed E-state index contributed by atoms with van der Waals surface area (Å²) in [5, 5.41) is 2.70. The van der Waals surface area contributed by atoms with Crippen molar-refractivity contribution in [1.82, 2.24) is 10.3 Å². The van der Waals surface area contributed by atoms with E-state index in [9.17, 15) is 14.4 Å². The van der Waals surface area contributed by atoms with Crippen LogP contribution >= 0.6 is 0 Å². The molecule has 0 aromatic carbocycles. The van der Waals surface area contributed by atoms with E-state index in [2.05, 4.69) is 42.4 Å². The van der Waals surface area contributed by atoms with Crippen LogP contribution in [0.15, 0.2) is 42.3 Å². The van der Waals surface area contributed by atoms with Crippen molar-refractivity contribution in [2.75, 3.05) is 13.7 Å². The van der Waals surface area contributed by atoms with Crippen molar-refractivity contribution in [1.29, 1.82) is 0 Å². The molecule has 258 valence electrons. The Kier molecular flexibility index (Phi) is 9.87. The second kappa shape index (κ2) is 13.3. The monoisotopic (exact) mass is 650 g/mol. The number of nitrogens with one attached hydrogen (secondary N) is 1. The molecule has 2 saturated carbocycles. The van der Waals surface area contributed by atoms with Gasteiger partial charge in [-0.2, -0.15) is 0 Å². The van der Waals surface area contributed by atoms with Crippen LogP contribution in [0.4, 0.5) is 9.59 Å². The first-order valence-corrected chi connectivity index (χ1v) is 17.4. The van der Waals surface area contributed by atoms with E-state index in [1.807, 2.05) is 18.5 Å². The number of pyridine rings is 1. The number of aromatic nitrogens is 1. The number of hydrogen-bond acceptors (Lipinski definition) is 8. The number of rotatable bonds is 8. The number of hydrogen-bond donors (Lipinski definition) is 1. The number of amides is 1. The predicted molar refractivity (Wildman–Crippen MR) is 179 cm³/mol. The molecule has 1 aromatic rings. The van der Waals surface area contributed by atoms with Gasteiger partial charge in [-0.05, 0) is 111 Å². The SMILES string of the molecule is COC(=O)[C@@](CCOC(=O)O[C@H]1CC[C@@]2(C)C(=CC[C@@H]3[C@@H]2CC[C@]2(C)C(c4cccnc4)=CC[C@@H]32)C1)(NC(=O)OC(C)(C)C)C(C)C. The molecular weight excluding hydrogens is 596 g/mol. The molecule has 5 rings (SSSR count). The molecule has 1 heterocycles. The number of carbonyl (C=O) groups is 3. The minimum Gasteiger partial charge on any atom is -0.467 e. The summed E-state index contributed by atoms with van der Waals surface area (Å²) < 4.78 is 21.8. The summed E-state index contributed by atoms with van der Waals surface area (Å²) in [4.78, 5) is 42.9. The average Bonchev–Trinajstić information content (AvgIpc) is 3.37. The third kappa shape index (κ3) is 6.82. The van der Waals surface area contributed by atoms with Crippen molar-refractivity contribution < 1.29 is 33.3 Å². The Bertz CT molecular complexity index is 1400. The quantitative estimate of drug-likeness (QED) is 0.171. The zero-order chi connectivity index (χ0) is 34.2. The van der Waals surface area contributed by atoms with E-state index in [0.717, 1.165) is 25.7 Å². The maximum Gasteiger partial charge on any atom is 0.508 e. The number of alkyl carbamates (subject to hydrolysis) is 1. The van der Waals surface area contributed by atoms with E-state index in [0.29, 0.717) is 24.2 Å². The van der Waals surface area contributed by atoms with Gasteiger partial charge >= 0.3 is 18.2 Å². The van der Waals surface area contributed by atoms with Crippen molar-refractivity contribution in [3.63, 3.8) is 0 Å². The third-order valence-corrected chi connectivity index (χ3v) is 11.9. The molecule has 4 aliphatic rings. The first kappa shape index (κ1) is 35.0. The van der Waals surface area contributed by atoms with Crippen LogP contribution in [0.5, 0.6) is 0 Å². The van der Waals surface area contributed by atoms with Crippen molar-refractivity contribution >= 4 is 23.8 Å². The standard InChI is InChI=1S/C38H54N2O7/c1-24(2)38(32(41)44-8,40-33(42)47-35(3,4)5)19-21-45-34(43)46-27-15-17-36(6)26(22-27)11-12-28-30-14-13-29(25-10-9-20-39-23-25)37(30,7)18-16-31(28)36/h9-11,13,20,23-24,27-28,30-31H,12,14-19,21-22H2,1-8H3,(H,40,42)/t27-,28-,30-,31-,36-,37+,38-/m0/s1. The summed E-state index contributed by atoms with van der Waals surface area (Å²) in [5.74, 6) is 0.896.